The summed E-state index contributed by atoms with van der Waals surface area (Å²) >= 11 is 0. The number of carbonyl (C=O) groups is 2. The highest BCUT2D eigenvalue weighted by Crippen LogP contribution is 2.48. The Hall–Kier alpha value is -1.56. The third-order valence-corrected chi connectivity index (χ3v) is 16.4. The Balaban J connectivity index is 2.19. The van der Waals surface area contributed by atoms with Crippen molar-refractivity contribution < 1.29 is 23.5 Å². The summed E-state index contributed by atoms with van der Waals surface area (Å²) in [6.07, 6.45) is 8.04. The van der Waals surface area contributed by atoms with Crippen LogP contribution in [0, 0.1) is 59.2 Å². The van der Waals surface area contributed by atoms with E-state index in [4.69, 9.17) is 13.9 Å². The molecule has 0 spiro atoms. The molecule has 0 aliphatic heterocycles. The Morgan fingerprint density at radius 1 is 0.696 bits per heavy atom. The molecule has 0 unspecified atom stereocenters. The van der Waals surface area contributed by atoms with Gasteiger partial charge < -0.3 is 13.9 Å². The fourth-order valence-corrected chi connectivity index (χ4v) is 9.06. The lowest BCUT2D eigenvalue weighted by atomic mass is 9.72. The Morgan fingerprint density at radius 3 is 1.50 bits per heavy atom. The molecule has 2 fully saturated rings. The van der Waals surface area contributed by atoms with Gasteiger partial charge in [0.1, 0.15) is 12.2 Å². The molecule has 6 heteroatoms. The summed E-state index contributed by atoms with van der Waals surface area (Å²) < 4.78 is 20.2. The monoisotopic (exact) mass is 658 g/mol. The van der Waals surface area contributed by atoms with Gasteiger partial charge in [-0.15, -0.1) is 0 Å². The van der Waals surface area contributed by atoms with Gasteiger partial charge in [-0.2, -0.15) is 0 Å². The number of rotatable bonds is 10. The van der Waals surface area contributed by atoms with E-state index in [9.17, 15) is 9.59 Å². The zero-order valence-electron chi connectivity index (χ0n) is 32.3. The van der Waals surface area contributed by atoms with Crippen LogP contribution in [0.1, 0.15) is 129 Å². The molecule has 0 amide bonds. The average Bonchev–Trinajstić information content (AvgIpc) is 2.90. The number of carbonyl (C=O) groups excluding carboxylic acids is 2. The molecular formula is C40H70O5Si. The van der Waals surface area contributed by atoms with E-state index in [-0.39, 0.29) is 52.9 Å². The maximum Gasteiger partial charge on any atom is 0.335 e. The highest BCUT2D eigenvalue weighted by molar-refractivity contribution is 6.74. The van der Waals surface area contributed by atoms with Crippen LogP contribution in [-0.4, -0.2) is 32.5 Å². The molecule has 3 aliphatic carbocycles. The van der Waals surface area contributed by atoms with E-state index in [1.54, 1.807) is 0 Å². The fourth-order valence-electron chi connectivity index (χ4n) is 7.97. The SMILES string of the molecule is CC(C)[C@@H]1C(O[Si](C)(C)C(C)(C)C)=C[C@H](C(C)C)C(C(=O)O[C@@H]2C[C@H](C)CC[C@H]2C(C)C)=C1C(=O)O[C@@H]1C[C@H](C)CC[C@H]1C(C)C. The minimum atomic E-state index is -2.26. The van der Waals surface area contributed by atoms with E-state index in [2.05, 4.69) is 109 Å². The summed E-state index contributed by atoms with van der Waals surface area (Å²) in [6.45, 7) is 33.2. The van der Waals surface area contributed by atoms with Crippen LogP contribution >= 0.6 is 0 Å². The van der Waals surface area contributed by atoms with Crippen LogP contribution in [0.3, 0.4) is 0 Å². The molecule has 2 saturated carbocycles. The quantitative estimate of drug-likeness (QED) is 0.173. The van der Waals surface area contributed by atoms with Gasteiger partial charge in [0.15, 0.2) is 0 Å². The Labute approximate surface area is 284 Å². The van der Waals surface area contributed by atoms with Gasteiger partial charge in [-0.05, 0) is 97.2 Å². The minimum Gasteiger partial charge on any atom is -0.546 e. The zero-order chi connectivity index (χ0) is 34.9. The van der Waals surface area contributed by atoms with Crippen molar-refractivity contribution in [3.05, 3.63) is 23.0 Å². The molecule has 0 aromatic rings. The first-order valence-corrected chi connectivity index (χ1v) is 21.6. The lowest BCUT2D eigenvalue weighted by molar-refractivity contribution is -0.156. The van der Waals surface area contributed by atoms with Gasteiger partial charge in [-0.25, -0.2) is 9.59 Å². The molecule has 0 aromatic carbocycles. The fraction of sp³-hybridized carbons (Fsp3) is 0.850. The molecule has 0 heterocycles. The number of ether oxygens (including phenoxy) is 2. The highest BCUT2D eigenvalue weighted by atomic mass is 28.4. The van der Waals surface area contributed by atoms with Crippen LogP contribution < -0.4 is 0 Å². The minimum absolute atomic E-state index is 0.0153. The summed E-state index contributed by atoms with van der Waals surface area (Å²) in [5, 5.41) is -0.0153. The van der Waals surface area contributed by atoms with Crippen molar-refractivity contribution >= 4 is 20.3 Å². The third-order valence-electron chi connectivity index (χ3n) is 12.0. The smallest absolute Gasteiger partial charge is 0.335 e. The molecule has 3 rings (SSSR count). The van der Waals surface area contributed by atoms with E-state index < -0.39 is 8.32 Å². The normalized spacial score (nSPS) is 31.4. The summed E-state index contributed by atoms with van der Waals surface area (Å²) in [6, 6.07) is 0. The molecule has 5 nitrogen and oxygen atoms in total. The van der Waals surface area contributed by atoms with E-state index in [0.717, 1.165) is 44.3 Å². The van der Waals surface area contributed by atoms with Gasteiger partial charge in [-0.1, -0.05) is 103 Å². The van der Waals surface area contributed by atoms with Crippen LogP contribution in [0.4, 0.5) is 0 Å². The molecule has 0 radical (unpaired) electrons. The second kappa shape index (κ2) is 15.3. The molecular weight excluding hydrogens is 589 g/mol. The summed E-state index contributed by atoms with van der Waals surface area (Å²) in [7, 11) is -2.26. The molecule has 0 aromatic heterocycles. The second-order valence-corrected chi connectivity index (χ2v) is 23.0. The highest BCUT2D eigenvalue weighted by Gasteiger charge is 2.48. The Kier molecular flexibility index (Phi) is 13.0. The molecule has 3 aliphatic rings. The van der Waals surface area contributed by atoms with E-state index in [1.807, 2.05) is 0 Å². The van der Waals surface area contributed by atoms with Crippen LogP contribution in [0.5, 0.6) is 0 Å². The maximum atomic E-state index is 14.8. The van der Waals surface area contributed by atoms with Crippen LogP contribution in [0.2, 0.25) is 18.1 Å². The van der Waals surface area contributed by atoms with Gasteiger partial charge in [0.2, 0.25) is 8.32 Å². The van der Waals surface area contributed by atoms with Crippen molar-refractivity contribution in [2.45, 2.75) is 159 Å². The van der Waals surface area contributed by atoms with E-state index in [0.29, 0.717) is 46.7 Å². The molecule has 8 atom stereocenters. The first kappa shape index (κ1) is 38.9. The number of hydrogen-bond donors (Lipinski definition) is 0. The Morgan fingerprint density at radius 2 is 1.13 bits per heavy atom. The van der Waals surface area contributed by atoms with Crippen molar-refractivity contribution in [2.75, 3.05) is 0 Å². The summed E-state index contributed by atoms with van der Waals surface area (Å²) in [5.74, 6) is 2.07. The van der Waals surface area contributed by atoms with Crippen LogP contribution in [-0.2, 0) is 23.5 Å². The van der Waals surface area contributed by atoms with Gasteiger partial charge in [0, 0.05) is 11.8 Å². The largest absolute Gasteiger partial charge is 0.546 e. The molecule has 0 N–H and O–H groups in total. The standard InChI is InChI=1S/C40H70O5Si/c1-23(2)29-18-16-27(9)20-32(29)43-38(41)36-31(25(5)6)22-34(45-46(14,15)40(11,12)13)35(26(7)8)37(36)39(42)44-33-21-28(10)17-19-30(33)24(3)4/h22-33,35H,16-21H2,1-15H3/t27-,28-,29+,30+,31-,32-,33-,35-/m1/s1. The van der Waals surface area contributed by atoms with Gasteiger partial charge in [-0.3, -0.25) is 0 Å². The van der Waals surface area contributed by atoms with Crippen molar-refractivity contribution in [3.8, 4) is 0 Å². The van der Waals surface area contributed by atoms with Gasteiger partial charge in [0.05, 0.1) is 16.9 Å². The van der Waals surface area contributed by atoms with Crippen LogP contribution in [0.15, 0.2) is 23.0 Å². The van der Waals surface area contributed by atoms with E-state index in [1.165, 1.54) is 0 Å². The first-order valence-electron chi connectivity index (χ1n) is 18.7. The predicted octanol–water partition coefficient (Wildman–Crippen LogP) is 10.8. The summed E-state index contributed by atoms with van der Waals surface area (Å²) in [4.78, 5) is 29.5. The topological polar surface area (TPSA) is 61.8 Å². The summed E-state index contributed by atoms with van der Waals surface area (Å²) in [5.41, 5.74) is 0.993. The first-order chi connectivity index (χ1) is 21.2. The molecule has 264 valence electrons. The number of allylic oxidation sites excluding steroid dienone is 2. The third kappa shape index (κ3) is 8.91. The number of hydrogen-bond acceptors (Lipinski definition) is 5. The average molecular weight is 659 g/mol. The molecule has 46 heavy (non-hydrogen) atoms. The predicted molar refractivity (Wildman–Crippen MR) is 192 cm³/mol. The lowest BCUT2D eigenvalue weighted by Gasteiger charge is -2.43. The van der Waals surface area contributed by atoms with Crippen molar-refractivity contribution in [1.82, 2.24) is 0 Å². The van der Waals surface area contributed by atoms with Gasteiger partial charge >= 0.3 is 11.9 Å². The van der Waals surface area contributed by atoms with Crippen LogP contribution in [0.25, 0.3) is 0 Å². The maximum absolute atomic E-state index is 14.8. The van der Waals surface area contributed by atoms with Gasteiger partial charge in [0.25, 0.3) is 0 Å². The van der Waals surface area contributed by atoms with E-state index >= 15 is 0 Å². The molecule has 0 saturated heterocycles. The number of esters is 2. The molecule has 0 bridgehead atoms. The van der Waals surface area contributed by atoms with Crippen molar-refractivity contribution in [2.24, 2.45) is 59.2 Å². The zero-order valence-corrected chi connectivity index (χ0v) is 33.3. The second-order valence-electron chi connectivity index (χ2n) is 18.3. The Bertz CT molecular complexity index is 1120. The van der Waals surface area contributed by atoms with Crippen molar-refractivity contribution in [3.63, 3.8) is 0 Å². The lowest BCUT2D eigenvalue weighted by Crippen LogP contribution is -2.45. The van der Waals surface area contributed by atoms with Crippen molar-refractivity contribution in [1.29, 1.82) is 0 Å².